The van der Waals surface area contributed by atoms with Crippen LogP contribution in [0.25, 0.3) is 0 Å². The summed E-state index contributed by atoms with van der Waals surface area (Å²) >= 11 is 0. The molecule has 3 aromatic rings. The number of hydrogen-bond acceptors (Lipinski definition) is 4. The van der Waals surface area contributed by atoms with Crippen molar-refractivity contribution in [1.82, 2.24) is 10.2 Å². The van der Waals surface area contributed by atoms with E-state index in [2.05, 4.69) is 5.32 Å². The molecule has 0 aromatic heterocycles. The van der Waals surface area contributed by atoms with Gasteiger partial charge in [-0.3, -0.25) is 19.3 Å². The molecule has 5 rings (SSSR count). The number of imide groups is 1. The molecule has 3 aromatic carbocycles. The second kappa shape index (κ2) is 9.18. The Labute approximate surface area is 203 Å². The third-order valence-electron chi connectivity index (χ3n) is 6.63. The first kappa shape index (κ1) is 22.5. The van der Waals surface area contributed by atoms with Crippen molar-refractivity contribution in [3.63, 3.8) is 0 Å². The van der Waals surface area contributed by atoms with E-state index in [1.54, 1.807) is 29.2 Å². The van der Waals surface area contributed by atoms with Gasteiger partial charge in [0.15, 0.2) is 11.3 Å². The van der Waals surface area contributed by atoms with Crippen molar-refractivity contribution < 1.29 is 19.2 Å². The van der Waals surface area contributed by atoms with Crippen molar-refractivity contribution in [2.45, 2.75) is 24.8 Å². The molecule has 1 N–H and O–H groups in total. The fraction of sp³-hybridized carbons (Fsp3) is 0.214. The fourth-order valence-electron chi connectivity index (χ4n) is 4.80. The normalized spacial score (nSPS) is 19.8. The number of ketones is 1. The van der Waals surface area contributed by atoms with Gasteiger partial charge in [0.2, 0.25) is 5.91 Å². The van der Waals surface area contributed by atoms with Crippen LogP contribution in [-0.2, 0) is 21.5 Å². The van der Waals surface area contributed by atoms with Crippen molar-refractivity contribution in [3.05, 3.63) is 102 Å². The van der Waals surface area contributed by atoms with Crippen molar-refractivity contribution in [1.29, 1.82) is 0 Å². The van der Waals surface area contributed by atoms with Crippen molar-refractivity contribution in [2.24, 2.45) is 0 Å². The van der Waals surface area contributed by atoms with E-state index in [1.807, 2.05) is 60.7 Å². The molecular formula is C28H25N3O4. The van der Waals surface area contributed by atoms with E-state index in [0.717, 1.165) is 22.6 Å². The molecule has 2 aliphatic heterocycles. The fourth-order valence-corrected chi connectivity index (χ4v) is 4.80. The van der Waals surface area contributed by atoms with Crippen LogP contribution in [0.4, 0.5) is 10.5 Å². The molecule has 0 unspecified atom stereocenters. The lowest BCUT2D eigenvalue weighted by Crippen LogP contribution is -2.46. The highest BCUT2D eigenvalue weighted by Gasteiger charge is 2.52. The largest absolute Gasteiger partial charge is 0.325 e. The van der Waals surface area contributed by atoms with Crippen molar-refractivity contribution in [3.8, 4) is 0 Å². The van der Waals surface area contributed by atoms with Gasteiger partial charge in [-0.05, 0) is 41.8 Å². The van der Waals surface area contributed by atoms with E-state index in [9.17, 15) is 19.2 Å². The van der Waals surface area contributed by atoms with Crippen molar-refractivity contribution >= 4 is 29.3 Å². The predicted octanol–water partition coefficient (Wildman–Crippen LogP) is 3.69. The molecule has 7 heteroatoms. The number of amides is 4. The van der Waals surface area contributed by atoms with Crippen LogP contribution >= 0.6 is 0 Å². The Hall–Kier alpha value is -4.26. The molecule has 0 bridgehead atoms. The van der Waals surface area contributed by atoms with Gasteiger partial charge in [-0.15, -0.1) is 0 Å². The van der Waals surface area contributed by atoms with Gasteiger partial charge >= 0.3 is 6.03 Å². The first-order valence-corrected chi connectivity index (χ1v) is 11.7. The summed E-state index contributed by atoms with van der Waals surface area (Å²) in [7, 11) is 0. The zero-order valence-electron chi connectivity index (χ0n) is 19.1. The number of benzene rings is 3. The van der Waals surface area contributed by atoms with Gasteiger partial charge in [0.1, 0.15) is 0 Å². The minimum atomic E-state index is -1.29. The van der Waals surface area contributed by atoms with Gasteiger partial charge in [-0.25, -0.2) is 4.79 Å². The average Bonchev–Trinajstić information content (AvgIpc) is 3.42. The molecule has 176 valence electrons. The number of anilines is 1. The van der Waals surface area contributed by atoms with Gasteiger partial charge in [-0.1, -0.05) is 60.7 Å². The molecule has 1 atom stereocenters. The number of nitrogens with zero attached hydrogens (tertiary/aromatic N) is 2. The number of carbonyl (C=O) groups excluding carboxylic acids is 4. The topological polar surface area (TPSA) is 86.8 Å². The number of rotatable bonds is 7. The molecule has 0 saturated carbocycles. The quantitative estimate of drug-likeness (QED) is 0.424. The molecule has 2 aliphatic rings. The summed E-state index contributed by atoms with van der Waals surface area (Å²) in [5, 5.41) is 2.88. The summed E-state index contributed by atoms with van der Waals surface area (Å²) in [4.78, 5) is 54.4. The molecule has 2 saturated heterocycles. The monoisotopic (exact) mass is 467 g/mol. The van der Waals surface area contributed by atoms with Crippen LogP contribution in [0.15, 0.2) is 84.9 Å². The van der Waals surface area contributed by atoms with Crippen LogP contribution in [0.5, 0.6) is 0 Å². The SMILES string of the molecule is O=C(CN1C(=O)N[C@](Cc2ccccc2)(c2ccccc2)C1=O)c1ccc(N2CCCC2=O)cc1. The standard InChI is InChI=1S/C28H25N3O4/c32-24(21-13-15-23(16-14-21)30-17-7-12-25(30)33)19-31-26(34)28(29-27(31)35,22-10-5-2-6-11-22)18-20-8-3-1-4-9-20/h1-6,8-11,13-16H,7,12,17-19H2,(H,29,35)/t28-/m1/s1. The molecule has 4 amide bonds. The molecule has 2 fully saturated rings. The summed E-state index contributed by atoms with van der Waals surface area (Å²) in [6.07, 6.45) is 1.61. The average molecular weight is 468 g/mol. The lowest BCUT2D eigenvalue weighted by atomic mass is 9.83. The molecule has 0 radical (unpaired) electrons. The lowest BCUT2D eigenvalue weighted by Gasteiger charge is -2.27. The van der Waals surface area contributed by atoms with Gasteiger partial charge in [-0.2, -0.15) is 0 Å². The van der Waals surface area contributed by atoms with E-state index in [0.29, 0.717) is 24.1 Å². The maximum atomic E-state index is 13.7. The third-order valence-corrected chi connectivity index (χ3v) is 6.63. The highest BCUT2D eigenvalue weighted by molar-refractivity contribution is 6.11. The van der Waals surface area contributed by atoms with E-state index >= 15 is 0 Å². The van der Waals surface area contributed by atoms with Gasteiger partial charge < -0.3 is 10.2 Å². The Morgan fingerprint density at radius 1 is 0.857 bits per heavy atom. The Kier molecular flexibility index (Phi) is 5.91. The Morgan fingerprint density at radius 2 is 1.51 bits per heavy atom. The number of carbonyl (C=O) groups is 4. The second-order valence-electron chi connectivity index (χ2n) is 8.87. The van der Waals surface area contributed by atoms with Gasteiger partial charge in [0, 0.05) is 30.6 Å². The van der Waals surface area contributed by atoms with Crippen LogP contribution in [-0.4, -0.2) is 41.6 Å². The van der Waals surface area contributed by atoms with Gasteiger partial charge in [0.05, 0.1) is 6.54 Å². The van der Waals surface area contributed by atoms with E-state index in [1.165, 1.54) is 0 Å². The maximum Gasteiger partial charge on any atom is 0.325 e. The minimum Gasteiger partial charge on any atom is -0.319 e. The third kappa shape index (κ3) is 4.21. The Bertz CT molecular complexity index is 1270. The number of nitrogens with one attached hydrogen (secondary N) is 1. The Morgan fingerprint density at radius 3 is 2.14 bits per heavy atom. The molecule has 2 heterocycles. The molecule has 0 spiro atoms. The van der Waals surface area contributed by atoms with Gasteiger partial charge in [0.25, 0.3) is 5.91 Å². The first-order valence-electron chi connectivity index (χ1n) is 11.7. The van der Waals surface area contributed by atoms with Crippen LogP contribution in [0.3, 0.4) is 0 Å². The second-order valence-corrected chi connectivity index (χ2v) is 8.87. The van der Waals surface area contributed by atoms with Crippen LogP contribution in [0, 0.1) is 0 Å². The van der Waals surface area contributed by atoms with E-state index < -0.39 is 17.5 Å². The molecule has 7 nitrogen and oxygen atoms in total. The molecule has 35 heavy (non-hydrogen) atoms. The zero-order chi connectivity index (χ0) is 24.4. The lowest BCUT2D eigenvalue weighted by molar-refractivity contribution is -0.131. The van der Waals surface area contributed by atoms with E-state index in [-0.39, 0.29) is 24.7 Å². The number of urea groups is 1. The van der Waals surface area contributed by atoms with E-state index in [4.69, 9.17) is 0 Å². The predicted molar refractivity (Wildman–Crippen MR) is 131 cm³/mol. The number of hydrogen-bond donors (Lipinski definition) is 1. The summed E-state index contributed by atoms with van der Waals surface area (Å²) in [5.41, 5.74) is 1.38. The Balaban J connectivity index is 1.38. The molecular weight excluding hydrogens is 442 g/mol. The van der Waals surface area contributed by atoms with Crippen LogP contribution in [0.1, 0.15) is 34.3 Å². The summed E-state index contributed by atoms with van der Waals surface area (Å²) < 4.78 is 0. The minimum absolute atomic E-state index is 0.0686. The highest BCUT2D eigenvalue weighted by Crippen LogP contribution is 2.33. The smallest absolute Gasteiger partial charge is 0.319 e. The van der Waals surface area contributed by atoms with Crippen LogP contribution < -0.4 is 10.2 Å². The number of Topliss-reactive ketones (excluding diaryl/α,β-unsaturated/α-hetero) is 1. The summed E-state index contributed by atoms with van der Waals surface area (Å²) in [6, 6.07) is 24.7. The maximum absolute atomic E-state index is 13.7. The van der Waals surface area contributed by atoms with Crippen LogP contribution in [0.2, 0.25) is 0 Å². The highest BCUT2D eigenvalue weighted by atomic mass is 16.2. The summed E-state index contributed by atoms with van der Waals surface area (Å²) in [5.74, 6) is -0.736. The first-order chi connectivity index (χ1) is 17.0. The molecule has 0 aliphatic carbocycles. The zero-order valence-corrected chi connectivity index (χ0v) is 19.1. The van der Waals surface area contributed by atoms with Crippen molar-refractivity contribution in [2.75, 3.05) is 18.0 Å². The summed E-state index contributed by atoms with van der Waals surface area (Å²) in [6.45, 7) is 0.299.